The standard InChI is InChI=1S/C19H22ClN3O3S/c1-15(19(24)21-17-5-3-2-4-6-17)22-11-13-23(14-12-22)27(25,26)18-9-7-16(20)8-10-18/h2-10,15H,11-14H2,1H3,(H,21,24)/t15-/m0/s1. The minimum atomic E-state index is -3.55. The number of benzene rings is 2. The van der Waals surface area contributed by atoms with E-state index in [2.05, 4.69) is 5.32 Å². The van der Waals surface area contributed by atoms with Gasteiger partial charge in [0.25, 0.3) is 0 Å². The minimum absolute atomic E-state index is 0.102. The molecule has 1 aliphatic heterocycles. The monoisotopic (exact) mass is 407 g/mol. The van der Waals surface area contributed by atoms with Gasteiger partial charge in [0, 0.05) is 36.9 Å². The molecule has 1 fully saturated rings. The molecule has 2 aromatic carbocycles. The Morgan fingerprint density at radius 3 is 2.19 bits per heavy atom. The lowest BCUT2D eigenvalue weighted by Crippen LogP contribution is -2.53. The zero-order valence-electron chi connectivity index (χ0n) is 15.0. The summed E-state index contributed by atoms with van der Waals surface area (Å²) in [5.74, 6) is -0.102. The second kappa shape index (κ2) is 8.39. The lowest BCUT2D eigenvalue weighted by molar-refractivity contribution is -0.121. The molecule has 0 aromatic heterocycles. The molecule has 2 aromatic rings. The van der Waals surface area contributed by atoms with Gasteiger partial charge in [-0.05, 0) is 43.3 Å². The fraction of sp³-hybridized carbons (Fsp3) is 0.316. The normalized spacial score (nSPS) is 17.4. The second-order valence-electron chi connectivity index (χ2n) is 6.43. The van der Waals surface area contributed by atoms with Crippen molar-refractivity contribution in [3.8, 4) is 0 Å². The third kappa shape index (κ3) is 4.68. The molecule has 27 heavy (non-hydrogen) atoms. The highest BCUT2D eigenvalue weighted by atomic mass is 35.5. The maximum Gasteiger partial charge on any atom is 0.243 e. The van der Waals surface area contributed by atoms with Gasteiger partial charge in [0.2, 0.25) is 15.9 Å². The number of anilines is 1. The lowest BCUT2D eigenvalue weighted by atomic mass is 10.2. The van der Waals surface area contributed by atoms with Crippen LogP contribution in [0.25, 0.3) is 0 Å². The van der Waals surface area contributed by atoms with E-state index in [-0.39, 0.29) is 16.8 Å². The van der Waals surface area contributed by atoms with E-state index in [1.165, 1.54) is 16.4 Å². The summed E-state index contributed by atoms with van der Waals surface area (Å²) in [4.78, 5) is 14.7. The Kier molecular flexibility index (Phi) is 6.16. The smallest absolute Gasteiger partial charge is 0.243 e. The third-order valence-electron chi connectivity index (χ3n) is 4.69. The summed E-state index contributed by atoms with van der Waals surface area (Å²) >= 11 is 5.84. The first-order valence-corrected chi connectivity index (χ1v) is 10.6. The number of carbonyl (C=O) groups is 1. The molecule has 1 amide bonds. The summed E-state index contributed by atoms with van der Waals surface area (Å²) in [7, 11) is -3.55. The fourth-order valence-electron chi connectivity index (χ4n) is 3.02. The first-order valence-electron chi connectivity index (χ1n) is 8.73. The van der Waals surface area contributed by atoms with Crippen molar-refractivity contribution in [3.63, 3.8) is 0 Å². The van der Waals surface area contributed by atoms with Crippen molar-refractivity contribution in [2.45, 2.75) is 17.9 Å². The van der Waals surface area contributed by atoms with Crippen LogP contribution < -0.4 is 5.32 Å². The predicted molar refractivity (Wildman–Crippen MR) is 106 cm³/mol. The van der Waals surface area contributed by atoms with E-state index in [0.717, 1.165) is 5.69 Å². The molecule has 0 spiro atoms. The topological polar surface area (TPSA) is 69.7 Å². The number of nitrogens with one attached hydrogen (secondary N) is 1. The number of para-hydroxylation sites is 1. The highest BCUT2D eigenvalue weighted by Gasteiger charge is 2.31. The molecular weight excluding hydrogens is 386 g/mol. The Labute approximate surface area is 164 Å². The van der Waals surface area contributed by atoms with Gasteiger partial charge in [-0.25, -0.2) is 8.42 Å². The molecule has 0 unspecified atom stereocenters. The maximum absolute atomic E-state index is 12.7. The molecule has 1 aliphatic rings. The van der Waals surface area contributed by atoms with Crippen molar-refractivity contribution in [1.29, 1.82) is 0 Å². The molecule has 1 saturated heterocycles. The van der Waals surface area contributed by atoms with Crippen LogP contribution in [0.4, 0.5) is 5.69 Å². The van der Waals surface area contributed by atoms with Gasteiger partial charge in [-0.1, -0.05) is 29.8 Å². The van der Waals surface area contributed by atoms with Crippen molar-refractivity contribution < 1.29 is 13.2 Å². The van der Waals surface area contributed by atoms with Gasteiger partial charge in [-0.2, -0.15) is 4.31 Å². The van der Waals surface area contributed by atoms with E-state index in [9.17, 15) is 13.2 Å². The molecule has 1 atom stereocenters. The van der Waals surface area contributed by atoms with Crippen molar-refractivity contribution in [3.05, 3.63) is 59.6 Å². The van der Waals surface area contributed by atoms with Crippen molar-refractivity contribution in [2.75, 3.05) is 31.5 Å². The van der Waals surface area contributed by atoms with Crippen LogP contribution in [0.1, 0.15) is 6.92 Å². The largest absolute Gasteiger partial charge is 0.325 e. The molecule has 144 valence electrons. The van der Waals surface area contributed by atoms with Crippen LogP contribution in [0, 0.1) is 0 Å². The Bertz CT molecular complexity index is 880. The minimum Gasteiger partial charge on any atom is -0.325 e. The first-order chi connectivity index (χ1) is 12.9. The average Bonchev–Trinajstić information content (AvgIpc) is 2.68. The maximum atomic E-state index is 12.7. The molecule has 3 rings (SSSR count). The van der Waals surface area contributed by atoms with Crippen LogP contribution >= 0.6 is 11.6 Å². The van der Waals surface area contributed by atoms with Crippen LogP contribution in [-0.4, -0.2) is 55.8 Å². The van der Waals surface area contributed by atoms with Crippen molar-refractivity contribution in [2.24, 2.45) is 0 Å². The van der Waals surface area contributed by atoms with Crippen LogP contribution in [0.5, 0.6) is 0 Å². The van der Waals surface area contributed by atoms with Gasteiger partial charge < -0.3 is 5.32 Å². The van der Waals surface area contributed by atoms with E-state index in [1.54, 1.807) is 12.1 Å². The fourth-order valence-corrected chi connectivity index (χ4v) is 4.57. The third-order valence-corrected chi connectivity index (χ3v) is 6.86. The van der Waals surface area contributed by atoms with E-state index in [4.69, 9.17) is 11.6 Å². The molecule has 0 aliphatic carbocycles. The quantitative estimate of drug-likeness (QED) is 0.827. The number of piperazine rings is 1. The number of nitrogens with zero attached hydrogens (tertiary/aromatic N) is 2. The van der Waals surface area contributed by atoms with Gasteiger partial charge in [0.15, 0.2) is 0 Å². The molecule has 0 radical (unpaired) electrons. The Morgan fingerprint density at radius 2 is 1.59 bits per heavy atom. The molecule has 6 nitrogen and oxygen atoms in total. The van der Waals surface area contributed by atoms with Gasteiger partial charge in [-0.15, -0.1) is 0 Å². The summed E-state index contributed by atoms with van der Waals surface area (Å²) in [6, 6.07) is 15.1. The van der Waals surface area contributed by atoms with E-state index >= 15 is 0 Å². The number of amides is 1. The lowest BCUT2D eigenvalue weighted by Gasteiger charge is -2.36. The first kappa shape index (κ1) is 19.8. The van der Waals surface area contributed by atoms with Crippen LogP contribution in [-0.2, 0) is 14.8 Å². The molecule has 1 N–H and O–H groups in total. The van der Waals surface area contributed by atoms with Gasteiger partial charge in [-0.3, -0.25) is 9.69 Å². The predicted octanol–water partition coefficient (Wildman–Crippen LogP) is 2.67. The summed E-state index contributed by atoms with van der Waals surface area (Å²) in [5.41, 5.74) is 0.748. The molecular formula is C19H22ClN3O3S. The number of hydrogen-bond donors (Lipinski definition) is 1. The van der Waals surface area contributed by atoms with Crippen molar-refractivity contribution >= 4 is 33.2 Å². The highest BCUT2D eigenvalue weighted by Crippen LogP contribution is 2.20. The van der Waals surface area contributed by atoms with Crippen LogP contribution in [0.15, 0.2) is 59.5 Å². The van der Waals surface area contributed by atoms with Crippen molar-refractivity contribution in [1.82, 2.24) is 9.21 Å². The Hall–Kier alpha value is -1.93. The molecule has 0 saturated carbocycles. The average molecular weight is 408 g/mol. The van der Waals surface area contributed by atoms with Crippen LogP contribution in [0.2, 0.25) is 5.02 Å². The van der Waals surface area contributed by atoms with E-state index in [0.29, 0.717) is 31.2 Å². The van der Waals surface area contributed by atoms with Crippen LogP contribution in [0.3, 0.4) is 0 Å². The van der Waals surface area contributed by atoms with Gasteiger partial charge >= 0.3 is 0 Å². The summed E-state index contributed by atoms with van der Waals surface area (Å²) in [5, 5.41) is 3.38. The number of sulfonamides is 1. The Balaban J connectivity index is 1.59. The number of carbonyl (C=O) groups excluding carboxylic acids is 1. The summed E-state index contributed by atoms with van der Waals surface area (Å²) in [6.07, 6.45) is 0. The Morgan fingerprint density at radius 1 is 1.00 bits per heavy atom. The van der Waals surface area contributed by atoms with E-state index in [1.807, 2.05) is 42.2 Å². The SMILES string of the molecule is C[C@@H](C(=O)Nc1ccccc1)N1CCN(S(=O)(=O)c2ccc(Cl)cc2)CC1. The molecule has 8 heteroatoms. The summed E-state index contributed by atoms with van der Waals surface area (Å²) in [6.45, 7) is 3.51. The zero-order valence-corrected chi connectivity index (χ0v) is 16.6. The second-order valence-corrected chi connectivity index (χ2v) is 8.80. The highest BCUT2D eigenvalue weighted by molar-refractivity contribution is 7.89. The van der Waals surface area contributed by atoms with Gasteiger partial charge in [0.1, 0.15) is 0 Å². The molecule has 0 bridgehead atoms. The zero-order chi connectivity index (χ0) is 19.4. The van der Waals surface area contributed by atoms with Gasteiger partial charge in [0.05, 0.1) is 10.9 Å². The number of rotatable bonds is 5. The molecule has 1 heterocycles. The van der Waals surface area contributed by atoms with E-state index < -0.39 is 10.0 Å². The number of halogens is 1. The summed E-state index contributed by atoms with van der Waals surface area (Å²) < 4.78 is 26.9. The number of hydrogen-bond acceptors (Lipinski definition) is 4.